The Hall–Kier alpha value is -1.98. The van der Waals surface area contributed by atoms with Gasteiger partial charge in [0.2, 0.25) is 0 Å². The minimum Gasteiger partial charge on any atom is -0.481 e. The van der Waals surface area contributed by atoms with E-state index in [0.29, 0.717) is 18.9 Å². The highest BCUT2D eigenvalue weighted by Gasteiger charge is 2.13. The first-order chi connectivity index (χ1) is 8.91. The van der Waals surface area contributed by atoms with Crippen LogP contribution in [0.15, 0.2) is 18.2 Å². The van der Waals surface area contributed by atoms with Crippen LogP contribution in [0.4, 0.5) is 8.78 Å². The second-order valence-electron chi connectivity index (χ2n) is 4.26. The van der Waals surface area contributed by atoms with Gasteiger partial charge in [0, 0.05) is 12.6 Å². The summed E-state index contributed by atoms with van der Waals surface area (Å²) in [7, 11) is 0. The molecule has 1 amide bonds. The van der Waals surface area contributed by atoms with Crippen molar-refractivity contribution in [3.05, 3.63) is 35.4 Å². The van der Waals surface area contributed by atoms with Crippen LogP contribution in [0.1, 0.15) is 30.1 Å². The molecule has 0 spiro atoms. The molecular weight excluding hydrogens is 256 g/mol. The zero-order valence-electron chi connectivity index (χ0n) is 10.5. The third kappa shape index (κ3) is 4.65. The van der Waals surface area contributed by atoms with E-state index in [1.54, 1.807) is 6.92 Å². The summed E-state index contributed by atoms with van der Waals surface area (Å²) in [6.45, 7) is 1.82. The molecule has 0 bridgehead atoms. The van der Waals surface area contributed by atoms with E-state index in [2.05, 4.69) is 5.32 Å². The molecular formula is C13H15F2NO3. The predicted molar refractivity (Wildman–Crippen MR) is 64.7 cm³/mol. The van der Waals surface area contributed by atoms with E-state index in [-0.39, 0.29) is 12.1 Å². The van der Waals surface area contributed by atoms with Crippen molar-refractivity contribution in [2.45, 2.75) is 19.8 Å². The van der Waals surface area contributed by atoms with Gasteiger partial charge in [-0.15, -0.1) is 0 Å². The van der Waals surface area contributed by atoms with Gasteiger partial charge in [-0.3, -0.25) is 9.59 Å². The number of nitrogens with one attached hydrogen (secondary N) is 1. The monoisotopic (exact) mass is 271 g/mol. The van der Waals surface area contributed by atoms with Crippen molar-refractivity contribution in [2.24, 2.45) is 5.92 Å². The van der Waals surface area contributed by atoms with E-state index in [1.807, 2.05) is 0 Å². The highest BCUT2D eigenvalue weighted by molar-refractivity contribution is 5.94. The van der Waals surface area contributed by atoms with Gasteiger partial charge in [-0.2, -0.15) is 0 Å². The first-order valence-electron chi connectivity index (χ1n) is 5.88. The molecule has 0 saturated heterocycles. The zero-order chi connectivity index (χ0) is 14.4. The number of aliphatic carboxylic acids is 1. The van der Waals surface area contributed by atoms with Gasteiger partial charge in [0.15, 0.2) is 0 Å². The molecule has 1 aromatic carbocycles. The highest BCUT2D eigenvalue weighted by atomic mass is 19.1. The average Bonchev–Trinajstić information content (AvgIpc) is 2.33. The summed E-state index contributed by atoms with van der Waals surface area (Å²) in [5.41, 5.74) is -0.229. The van der Waals surface area contributed by atoms with Crippen molar-refractivity contribution in [3.63, 3.8) is 0 Å². The van der Waals surface area contributed by atoms with Crippen LogP contribution in [0.2, 0.25) is 0 Å². The van der Waals surface area contributed by atoms with E-state index < -0.39 is 29.4 Å². The Labute approximate surface area is 109 Å². The first kappa shape index (κ1) is 15.1. The van der Waals surface area contributed by atoms with E-state index in [4.69, 9.17) is 5.11 Å². The normalized spacial score (nSPS) is 11.9. The Morgan fingerprint density at radius 3 is 2.63 bits per heavy atom. The van der Waals surface area contributed by atoms with Crippen molar-refractivity contribution >= 4 is 11.9 Å². The van der Waals surface area contributed by atoms with Gasteiger partial charge in [0.05, 0.1) is 11.5 Å². The van der Waals surface area contributed by atoms with Gasteiger partial charge < -0.3 is 10.4 Å². The molecule has 0 heterocycles. The largest absolute Gasteiger partial charge is 0.481 e. The van der Waals surface area contributed by atoms with Crippen molar-refractivity contribution in [3.8, 4) is 0 Å². The van der Waals surface area contributed by atoms with E-state index in [1.165, 1.54) is 0 Å². The Kier molecular flexibility index (Phi) is 5.41. The molecule has 2 N–H and O–H groups in total. The average molecular weight is 271 g/mol. The molecule has 1 rings (SSSR count). The Morgan fingerprint density at radius 1 is 1.37 bits per heavy atom. The SMILES string of the molecule is CC(CCCNC(=O)c1ccc(F)cc1F)C(=O)O. The number of carbonyl (C=O) groups is 2. The number of halogens is 2. The van der Waals surface area contributed by atoms with Gasteiger partial charge in [-0.1, -0.05) is 6.92 Å². The summed E-state index contributed by atoms with van der Waals surface area (Å²) in [5.74, 6) is -3.68. The van der Waals surface area contributed by atoms with Gasteiger partial charge >= 0.3 is 5.97 Å². The number of hydrogen-bond acceptors (Lipinski definition) is 2. The maximum atomic E-state index is 13.3. The summed E-state index contributed by atoms with van der Waals surface area (Å²) in [4.78, 5) is 22.1. The zero-order valence-corrected chi connectivity index (χ0v) is 10.5. The van der Waals surface area contributed by atoms with Crippen LogP contribution in [-0.2, 0) is 4.79 Å². The smallest absolute Gasteiger partial charge is 0.306 e. The summed E-state index contributed by atoms with van der Waals surface area (Å²) >= 11 is 0. The molecule has 0 saturated carbocycles. The summed E-state index contributed by atoms with van der Waals surface area (Å²) < 4.78 is 25.9. The maximum absolute atomic E-state index is 13.3. The lowest BCUT2D eigenvalue weighted by Gasteiger charge is -2.08. The molecule has 0 radical (unpaired) electrons. The van der Waals surface area contributed by atoms with Crippen LogP contribution in [-0.4, -0.2) is 23.5 Å². The number of carboxylic acid groups (broad SMARTS) is 1. The summed E-state index contributed by atoms with van der Waals surface area (Å²) in [6, 6.07) is 2.71. The number of amides is 1. The molecule has 1 atom stereocenters. The molecule has 19 heavy (non-hydrogen) atoms. The first-order valence-corrected chi connectivity index (χ1v) is 5.88. The van der Waals surface area contributed by atoms with E-state index in [9.17, 15) is 18.4 Å². The van der Waals surface area contributed by atoms with Crippen molar-refractivity contribution in [1.29, 1.82) is 0 Å². The quantitative estimate of drug-likeness (QED) is 0.779. The molecule has 0 aliphatic carbocycles. The predicted octanol–water partition coefficient (Wildman–Crippen LogP) is 2.20. The lowest BCUT2D eigenvalue weighted by molar-refractivity contribution is -0.141. The minimum atomic E-state index is -0.920. The second-order valence-corrected chi connectivity index (χ2v) is 4.26. The van der Waals surface area contributed by atoms with E-state index in [0.717, 1.165) is 12.1 Å². The third-order valence-corrected chi connectivity index (χ3v) is 2.70. The molecule has 1 unspecified atom stereocenters. The number of carboxylic acids is 1. The Balaban J connectivity index is 2.41. The van der Waals surface area contributed by atoms with Gasteiger partial charge in [0.1, 0.15) is 11.6 Å². The lowest BCUT2D eigenvalue weighted by atomic mass is 10.1. The molecule has 0 aliphatic rings. The van der Waals surface area contributed by atoms with Gasteiger partial charge in [0.25, 0.3) is 5.91 Å². The number of rotatable bonds is 6. The summed E-state index contributed by atoms with van der Waals surface area (Å²) in [5, 5.41) is 11.1. The fourth-order valence-electron chi connectivity index (χ4n) is 1.50. The van der Waals surface area contributed by atoms with Crippen LogP contribution in [0.3, 0.4) is 0 Å². The fourth-order valence-corrected chi connectivity index (χ4v) is 1.50. The third-order valence-electron chi connectivity index (χ3n) is 2.70. The Bertz CT molecular complexity index is 477. The van der Waals surface area contributed by atoms with E-state index >= 15 is 0 Å². The second kappa shape index (κ2) is 6.82. The fraction of sp³-hybridized carbons (Fsp3) is 0.385. The minimum absolute atomic E-state index is 0.229. The molecule has 1 aromatic rings. The van der Waals surface area contributed by atoms with Crippen molar-refractivity contribution < 1.29 is 23.5 Å². The number of hydrogen-bond donors (Lipinski definition) is 2. The summed E-state index contributed by atoms with van der Waals surface area (Å²) in [6.07, 6.45) is 0.892. The van der Waals surface area contributed by atoms with Crippen molar-refractivity contribution in [2.75, 3.05) is 6.54 Å². The number of carbonyl (C=O) groups excluding carboxylic acids is 1. The molecule has 0 aliphatic heterocycles. The van der Waals surface area contributed by atoms with Crippen LogP contribution < -0.4 is 5.32 Å². The standard InChI is InChI=1S/C13H15F2NO3/c1-8(13(18)19)3-2-6-16-12(17)10-5-4-9(14)7-11(10)15/h4-5,7-8H,2-3,6H2,1H3,(H,16,17)(H,18,19). The van der Waals surface area contributed by atoms with Crippen LogP contribution in [0.25, 0.3) is 0 Å². The van der Waals surface area contributed by atoms with Crippen LogP contribution in [0.5, 0.6) is 0 Å². The molecule has 0 fully saturated rings. The Morgan fingerprint density at radius 2 is 2.05 bits per heavy atom. The molecule has 4 nitrogen and oxygen atoms in total. The lowest BCUT2D eigenvalue weighted by Crippen LogP contribution is -2.26. The van der Waals surface area contributed by atoms with Gasteiger partial charge in [-0.05, 0) is 25.0 Å². The molecule has 104 valence electrons. The van der Waals surface area contributed by atoms with Crippen LogP contribution >= 0.6 is 0 Å². The van der Waals surface area contributed by atoms with Crippen molar-refractivity contribution in [1.82, 2.24) is 5.32 Å². The number of benzene rings is 1. The van der Waals surface area contributed by atoms with Gasteiger partial charge in [-0.25, -0.2) is 8.78 Å². The molecule has 0 aromatic heterocycles. The highest BCUT2D eigenvalue weighted by Crippen LogP contribution is 2.09. The maximum Gasteiger partial charge on any atom is 0.306 e. The van der Waals surface area contributed by atoms with Crippen LogP contribution in [0, 0.1) is 17.6 Å². The topological polar surface area (TPSA) is 66.4 Å². The molecule has 6 heteroatoms.